The topological polar surface area (TPSA) is 71.4 Å². The van der Waals surface area contributed by atoms with Crippen molar-refractivity contribution in [1.29, 1.82) is 0 Å². The Balaban J connectivity index is 1.45. The molecule has 0 spiro atoms. The molecule has 3 heterocycles. The van der Waals surface area contributed by atoms with Crippen molar-refractivity contribution in [3.8, 4) is 0 Å². The normalized spacial score (nSPS) is 19.1. The van der Waals surface area contributed by atoms with Crippen LogP contribution in [0.5, 0.6) is 0 Å². The van der Waals surface area contributed by atoms with Gasteiger partial charge in [-0.15, -0.1) is 0 Å². The van der Waals surface area contributed by atoms with Gasteiger partial charge in [-0.05, 0) is 55.2 Å². The van der Waals surface area contributed by atoms with E-state index in [1.165, 1.54) is 0 Å². The predicted octanol–water partition coefficient (Wildman–Crippen LogP) is 4.23. The fourth-order valence-electron chi connectivity index (χ4n) is 5.03. The molecule has 2 unspecified atom stereocenters. The molecule has 2 aliphatic rings. The first-order valence-electron chi connectivity index (χ1n) is 11.7. The monoisotopic (exact) mass is 487 g/mol. The van der Waals surface area contributed by atoms with Crippen molar-refractivity contribution in [3.05, 3.63) is 110 Å². The van der Waals surface area contributed by atoms with E-state index < -0.39 is 0 Å². The molecule has 3 aromatic rings. The zero-order chi connectivity index (χ0) is 24.5. The van der Waals surface area contributed by atoms with Gasteiger partial charge in [0.1, 0.15) is 5.70 Å². The summed E-state index contributed by atoms with van der Waals surface area (Å²) in [5.41, 5.74) is 3.30. The molecule has 1 aromatic heterocycles. The lowest BCUT2D eigenvalue weighted by molar-refractivity contribution is -0.130. The van der Waals surface area contributed by atoms with Crippen LogP contribution in [-0.2, 0) is 11.3 Å². The van der Waals surface area contributed by atoms with Crippen LogP contribution < -0.4 is 10.9 Å². The first kappa shape index (κ1) is 23.1. The number of piperidine rings is 1. The molecule has 2 aromatic carbocycles. The summed E-state index contributed by atoms with van der Waals surface area (Å²) in [5.74, 6) is -0.355. The summed E-state index contributed by atoms with van der Waals surface area (Å²) < 4.78 is 1.83. The maximum atomic E-state index is 13.8. The van der Waals surface area contributed by atoms with E-state index in [0.717, 1.165) is 17.7 Å². The Kier molecular flexibility index (Phi) is 6.31. The number of aromatic nitrogens is 1. The number of carbonyl (C=O) groups excluding carboxylic acids is 2. The number of hydrogen-bond acceptors (Lipinski definition) is 3. The molecule has 2 atom stereocenters. The molecule has 2 amide bonds. The van der Waals surface area contributed by atoms with Crippen LogP contribution in [-0.4, -0.2) is 34.4 Å². The molecule has 1 fully saturated rings. The van der Waals surface area contributed by atoms with Crippen molar-refractivity contribution in [2.45, 2.75) is 25.8 Å². The Morgan fingerprint density at radius 2 is 1.74 bits per heavy atom. The summed E-state index contributed by atoms with van der Waals surface area (Å²) >= 11 is 6.36. The molecule has 0 saturated carbocycles. The van der Waals surface area contributed by atoms with Gasteiger partial charge in [-0.25, -0.2) is 0 Å². The first-order valence-corrected chi connectivity index (χ1v) is 12.1. The Labute approximate surface area is 208 Å². The molecule has 178 valence electrons. The molecule has 5 rings (SSSR count). The summed E-state index contributed by atoms with van der Waals surface area (Å²) in [6.45, 7) is 3.55. The highest BCUT2D eigenvalue weighted by Gasteiger charge is 2.37. The Morgan fingerprint density at radius 1 is 0.971 bits per heavy atom. The molecule has 6 nitrogen and oxygen atoms in total. The van der Waals surface area contributed by atoms with Gasteiger partial charge >= 0.3 is 0 Å². The summed E-state index contributed by atoms with van der Waals surface area (Å²) in [7, 11) is 0. The molecule has 2 bridgehead atoms. The second kappa shape index (κ2) is 9.55. The fourth-order valence-corrected chi connectivity index (χ4v) is 5.22. The number of pyridine rings is 1. The molecule has 2 aliphatic heterocycles. The number of hydrogen-bond donors (Lipinski definition) is 1. The van der Waals surface area contributed by atoms with Crippen molar-refractivity contribution in [2.24, 2.45) is 5.92 Å². The zero-order valence-corrected chi connectivity index (χ0v) is 20.2. The molecule has 0 radical (unpaired) electrons. The number of likely N-dealkylation sites (tertiary alicyclic amines) is 1. The van der Waals surface area contributed by atoms with Crippen molar-refractivity contribution in [3.63, 3.8) is 0 Å². The minimum Gasteiger partial charge on any atom is -0.336 e. The highest BCUT2D eigenvalue weighted by molar-refractivity contribution is 6.32. The van der Waals surface area contributed by atoms with E-state index >= 15 is 0 Å². The number of halogens is 1. The molecule has 7 heteroatoms. The van der Waals surface area contributed by atoms with Crippen LogP contribution in [0.4, 0.5) is 0 Å². The molecule has 0 aliphatic carbocycles. The van der Waals surface area contributed by atoms with Gasteiger partial charge in [-0.2, -0.15) is 0 Å². The summed E-state index contributed by atoms with van der Waals surface area (Å²) in [4.78, 5) is 40.9. The van der Waals surface area contributed by atoms with Gasteiger partial charge in [0.15, 0.2) is 0 Å². The van der Waals surface area contributed by atoms with Gasteiger partial charge < -0.3 is 14.8 Å². The van der Waals surface area contributed by atoms with Gasteiger partial charge in [0.2, 0.25) is 0 Å². The van der Waals surface area contributed by atoms with E-state index in [9.17, 15) is 14.4 Å². The standard InChI is InChI=1S/C28H26ClN3O3/c1-18-9-11-20(12-10-18)27(34)30-24(14-21-5-2-3-6-23(21)29)28(35)31-15-19-13-22(17-31)25-7-4-8-26(33)32(25)16-19/h2-12,14,19,22H,13,15-17H2,1H3,(H,30,34). The smallest absolute Gasteiger partial charge is 0.270 e. The third-order valence-electron chi connectivity index (χ3n) is 6.76. The van der Waals surface area contributed by atoms with Crippen LogP contribution >= 0.6 is 11.6 Å². The number of carbonyl (C=O) groups is 2. The molecule has 35 heavy (non-hydrogen) atoms. The Bertz CT molecular complexity index is 1380. The highest BCUT2D eigenvalue weighted by Crippen LogP contribution is 2.35. The Hall–Kier alpha value is -3.64. The quantitative estimate of drug-likeness (QED) is 0.560. The van der Waals surface area contributed by atoms with E-state index in [0.29, 0.717) is 35.8 Å². The van der Waals surface area contributed by atoms with Crippen molar-refractivity contribution < 1.29 is 9.59 Å². The van der Waals surface area contributed by atoms with Crippen LogP contribution in [0.3, 0.4) is 0 Å². The van der Waals surface area contributed by atoms with Gasteiger partial charge in [0.25, 0.3) is 17.4 Å². The number of nitrogens with one attached hydrogen (secondary N) is 1. The number of amides is 2. The number of benzene rings is 2. The lowest BCUT2D eigenvalue weighted by Crippen LogP contribution is -2.50. The molecule has 1 saturated heterocycles. The zero-order valence-electron chi connectivity index (χ0n) is 19.4. The predicted molar refractivity (Wildman–Crippen MR) is 136 cm³/mol. The first-order chi connectivity index (χ1) is 16.9. The maximum absolute atomic E-state index is 13.8. The largest absolute Gasteiger partial charge is 0.336 e. The maximum Gasteiger partial charge on any atom is 0.270 e. The summed E-state index contributed by atoms with van der Waals surface area (Å²) in [5, 5.41) is 3.33. The van der Waals surface area contributed by atoms with Crippen LogP contribution in [0, 0.1) is 12.8 Å². The third kappa shape index (κ3) is 4.80. The number of rotatable bonds is 4. The van der Waals surface area contributed by atoms with Gasteiger partial charge in [-0.1, -0.05) is 53.6 Å². The van der Waals surface area contributed by atoms with Crippen molar-refractivity contribution in [1.82, 2.24) is 14.8 Å². The van der Waals surface area contributed by atoms with Crippen LogP contribution in [0.1, 0.15) is 39.5 Å². The lowest BCUT2D eigenvalue weighted by Gasteiger charge is -2.43. The summed E-state index contributed by atoms with van der Waals surface area (Å²) in [6.07, 6.45) is 2.58. The average Bonchev–Trinajstić information content (AvgIpc) is 2.85. The SMILES string of the molecule is Cc1ccc(C(=O)NC(=Cc2ccccc2Cl)C(=O)N2CC3CC(C2)c2cccc(=O)n2C3)cc1. The minimum atomic E-state index is -0.356. The van der Waals surface area contributed by atoms with E-state index in [4.69, 9.17) is 11.6 Å². The van der Waals surface area contributed by atoms with Crippen LogP contribution in [0.15, 0.2) is 77.2 Å². The fraction of sp³-hybridized carbons (Fsp3) is 0.250. The van der Waals surface area contributed by atoms with E-state index in [2.05, 4.69) is 5.32 Å². The second-order valence-corrected chi connectivity index (χ2v) is 9.72. The number of fused-ring (bicyclic) bond motifs is 4. The van der Waals surface area contributed by atoms with E-state index in [-0.39, 0.29) is 34.9 Å². The Morgan fingerprint density at radius 3 is 2.51 bits per heavy atom. The minimum absolute atomic E-state index is 0.00152. The highest BCUT2D eigenvalue weighted by atomic mass is 35.5. The van der Waals surface area contributed by atoms with E-state index in [1.807, 2.05) is 41.8 Å². The lowest BCUT2D eigenvalue weighted by atomic mass is 9.83. The molecular formula is C28H26ClN3O3. The molecule has 1 N–H and O–H groups in total. The summed E-state index contributed by atoms with van der Waals surface area (Å²) in [6, 6.07) is 19.7. The van der Waals surface area contributed by atoms with Crippen LogP contribution in [0.2, 0.25) is 5.02 Å². The second-order valence-electron chi connectivity index (χ2n) is 9.31. The van der Waals surface area contributed by atoms with Crippen molar-refractivity contribution >= 4 is 29.5 Å². The third-order valence-corrected chi connectivity index (χ3v) is 7.11. The van der Waals surface area contributed by atoms with Gasteiger partial charge in [0.05, 0.1) is 0 Å². The van der Waals surface area contributed by atoms with Crippen LogP contribution in [0.25, 0.3) is 6.08 Å². The van der Waals surface area contributed by atoms with Crippen molar-refractivity contribution in [2.75, 3.05) is 13.1 Å². The van der Waals surface area contributed by atoms with E-state index in [1.54, 1.807) is 47.4 Å². The number of aryl methyl sites for hydroxylation is 1. The van der Waals surface area contributed by atoms with Gasteiger partial charge in [0, 0.05) is 47.9 Å². The van der Waals surface area contributed by atoms with Gasteiger partial charge in [-0.3, -0.25) is 14.4 Å². The average molecular weight is 488 g/mol. The molecular weight excluding hydrogens is 462 g/mol. The number of nitrogens with zero attached hydrogens (tertiary/aromatic N) is 2.